The molecule has 0 saturated heterocycles. The van der Waals surface area contributed by atoms with Crippen molar-refractivity contribution in [1.29, 1.82) is 0 Å². The van der Waals surface area contributed by atoms with Crippen LogP contribution in [0.1, 0.15) is 65.7 Å². The minimum absolute atomic E-state index is 0.180. The van der Waals surface area contributed by atoms with Gasteiger partial charge < -0.3 is 4.74 Å². The number of fused-ring (bicyclic) bond motifs is 5. The van der Waals surface area contributed by atoms with E-state index in [4.69, 9.17) is 4.74 Å². The van der Waals surface area contributed by atoms with Crippen molar-refractivity contribution >= 4 is 27.7 Å². The van der Waals surface area contributed by atoms with Crippen molar-refractivity contribution < 1.29 is 18.7 Å². The molecule has 0 amide bonds. The second-order valence-electron chi connectivity index (χ2n) is 9.34. The first-order chi connectivity index (χ1) is 12.1. The third-order valence-electron chi connectivity index (χ3n) is 8.22. The van der Waals surface area contributed by atoms with Gasteiger partial charge >= 0.3 is 5.97 Å². The molecule has 0 bridgehead atoms. The van der Waals surface area contributed by atoms with Crippen LogP contribution in [0.25, 0.3) is 0 Å². The summed E-state index contributed by atoms with van der Waals surface area (Å²) in [6.07, 6.45) is 5.79. The van der Waals surface area contributed by atoms with Crippen molar-refractivity contribution in [3.05, 3.63) is 11.6 Å². The van der Waals surface area contributed by atoms with Gasteiger partial charge in [0.05, 0.1) is 4.32 Å². The van der Waals surface area contributed by atoms with Crippen LogP contribution in [0.4, 0.5) is 4.39 Å². The average Bonchev–Trinajstić information content (AvgIpc) is 2.86. The van der Waals surface area contributed by atoms with E-state index in [-0.39, 0.29) is 34.6 Å². The van der Waals surface area contributed by atoms with E-state index in [9.17, 15) is 9.59 Å². The van der Waals surface area contributed by atoms with Crippen molar-refractivity contribution in [2.45, 2.75) is 82.3 Å². The lowest BCUT2D eigenvalue weighted by atomic mass is 9.46. The van der Waals surface area contributed by atoms with Crippen LogP contribution in [0.5, 0.6) is 0 Å². The fourth-order valence-electron chi connectivity index (χ4n) is 6.85. The Morgan fingerprint density at radius 3 is 2.65 bits per heavy atom. The Kier molecular flexibility index (Phi) is 4.22. The second-order valence-corrected chi connectivity index (χ2v) is 10.7. The molecule has 2 unspecified atom stereocenters. The maximum absolute atomic E-state index is 15.9. The van der Waals surface area contributed by atoms with Gasteiger partial charge in [-0.3, -0.25) is 9.59 Å². The maximum Gasteiger partial charge on any atom is 0.302 e. The fraction of sp³-hybridized carbons (Fsp3) is 0.810. The van der Waals surface area contributed by atoms with Gasteiger partial charge in [0.2, 0.25) is 0 Å². The molecule has 0 aromatic rings. The number of rotatable bonds is 1. The molecule has 4 aliphatic carbocycles. The van der Waals surface area contributed by atoms with E-state index >= 15 is 4.39 Å². The summed E-state index contributed by atoms with van der Waals surface area (Å²) in [7, 11) is 0. The van der Waals surface area contributed by atoms with E-state index in [0.29, 0.717) is 18.8 Å². The molecule has 0 N–H and O–H groups in total. The predicted octanol–water partition coefficient (Wildman–Crippen LogP) is 4.92. The van der Waals surface area contributed by atoms with Gasteiger partial charge in [-0.15, -0.1) is 0 Å². The van der Waals surface area contributed by atoms with Gasteiger partial charge in [-0.2, -0.15) is 0 Å². The van der Waals surface area contributed by atoms with Gasteiger partial charge in [-0.1, -0.05) is 35.4 Å². The standard InChI is InChI=1S/C21H28BrFO3/c1-12(24)26-18-7-6-15-16-5-4-13-10-14(25)8-9-20(13,3)21(16,22)17(23)11-19(15,18)2/h10,15-18H,4-9,11H2,1-3H3/t15-,16-,17?,18?,19-,20-,21+/m0/s1. The summed E-state index contributed by atoms with van der Waals surface area (Å²) in [5, 5.41) is 0. The van der Waals surface area contributed by atoms with Crippen LogP contribution in [0.3, 0.4) is 0 Å². The van der Waals surface area contributed by atoms with Gasteiger partial charge in [0.25, 0.3) is 0 Å². The molecule has 0 spiro atoms. The predicted molar refractivity (Wildman–Crippen MR) is 101 cm³/mol. The molecular formula is C21H28BrFO3. The molecule has 0 radical (unpaired) electrons. The van der Waals surface area contributed by atoms with Crippen LogP contribution in [0, 0.1) is 22.7 Å². The number of alkyl halides is 2. The van der Waals surface area contributed by atoms with Gasteiger partial charge in [-0.05, 0) is 56.4 Å². The molecule has 0 aromatic heterocycles. The van der Waals surface area contributed by atoms with Crippen LogP contribution in [0.2, 0.25) is 0 Å². The lowest BCUT2D eigenvalue weighted by Gasteiger charge is -2.63. The Hall–Kier alpha value is -0.710. The molecule has 4 rings (SSSR count). The van der Waals surface area contributed by atoms with Gasteiger partial charge in [0.15, 0.2) is 5.78 Å². The third kappa shape index (κ3) is 2.28. The molecule has 0 heterocycles. The highest BCUT2D eigenvalue weighted by atomic mass is 79.9. The van der Waals surface area contributed by atoms with Crippen LogP contribution in [0.15, 0.2) is 11.6 Å². The SMILES string of the molecule is CC(=O)OC1CC[C@H]2[C@@H]3CCC4=CC(=O)CC[C@]4(C)[C@]3(Br)C(F)C[C@]12C. The Labute approximate surface area is 163 Å². The number of hydrogen-bond acceptors (Lipinski definition) is 3. The van der Waals surface area contributed by atoms with Crippen molar-refractivity contribution in [2.24, 2.45) is 22.7 Å². The monoisotopic (exact) mass is 426 g/mol. The number of hydrogen-bond donors (Lipinski definition) is 0. The van der Waals surface area contributed by atoms with Gasteiger partial charge in [-0.25, -0.2) is 4.39 Å². The average molecular weight is 427 g/mol. The van der Waals surface area contributed by atoms with E-state index in [1.807, 2.05) is 0 Å². The maximum atomic E-state index is 15.9. The molecule has 3 saturated carbocycles. The molecule has 144 valence electrons. The molecule has 3 nitrogen and oxygen atoms in total. The quantitative estimate of drug-likeness (QED) is 0.441. The summed E-state index contributed by atoms with van der Waals surface area (Å²) in [4.78, 5) is 23.5. The summed E-state index contributed by atoms with van der Waals surface area (Å²) in [5.74, 6) is 0.454. The van der Waals surface area contributed by atoms with Crippen molar-refractivity contribution in [2.75, 3.05) is 0 Å². The van der Waals surface area contributed by atoms with Crippen molar-refractivity contribution in [3.8, 4) is 0 Å². The molecule has 3 fully saturated rings. The topological polar surface area (TPSA) is 43.4 Å². The van der Waals surface area contributed by atoms with Crippen LogP contribution in [-0.4, -0.2) is 28.4 Å². The number of carbonyl (C=O) groups is 2. The summed E-state index contributed by atoms with van der Waals surface area (Å²) < 4.78 is 20.9. The fourth-order valence-corrected chi connectivity index (χ4v) is 8.01. The smallest absolute Gasteiger partial charge is 0.302 e. The third-order valence-corrected chi connectivity index (χ3v) is 10.2. The van der Waals surface area contributed by atoms with Crippen molar-refractivity contribution in [1.82, 2.24) is 0 Å². The molecule has 0 aliphatic heterocycles. The zero-order valence-electron chi connectivity index (χ0n) is 15.8. The number of esters is 1. The largest absolute Gasteiger partial charge is 0.462 e. The highest BCUT2D eigenvalue weighted by molar-refractivity contribution is 9.10. The zero-order chi connectivity index (χ0) is 18.9. The highest BCUT2D eigenvalue weighted by Gasteiger charge is 2.70. The Bertz CT molecular complexity index is 691. The lowest BCUT2D eigenvalue weighted by molar-refractivity contribution is -0.159. The second kappa shape index (κ2) is 5.89. The van der Waals surface area contributed by atoms with Crippen LogP contribution < -0.4 is 0 Å². The molecule has 7 atom stereocenters. The summed E-state index contributed by atoms with van der Waals surface area (Å²) in [6, 6.07) is 0. The van der Waals surface area contributed by atoms with E-state index in [2.05, 4.69) is 29.8 Å². The zero-order valence-corrected chi connectivity index (χ0v) is 17.4. The molecule has 26 heavy (non-hydrogen) atoms. The van der Waals surface area contributed by atoms with Crippen LogP contribution in [-0.2, 0) is 14.3 Å². The molecule has 0 aromatic carbocycles. The Morgan fingerprint density at radius 1 is 1.23 bits per heavy atom. The number of allylic oxidation sites excluding steroid dienone is 1. The Balaban J connectivity index is 1.74. The number of ether oxygens (including phenoxy) is 1. The summed E-state index contributed by atoms with van der Waals surface area (Å²) >= 11 is 3.95. The van der Waals surface area contributed by atoms with Gasteiger partial charge in [0, 0.05) is 24.2 Å². The first-order valence-electron chi connectivity index (χ1n) is 9.87. The lowest BCUT2D eigenvalue weighted by Crippen LogP contribution is -2.65. The van der Waals surface area contributed by atoms with E-state index in [0.717, 1.165) is 37.7 Å². The van der Waals surface area contributed by atoms with Gasteiger partial charge in [0.1, 0.15) is 12.3 Å². The minimum Gasteiger partial charge on any atom is -0.462 e. The molecular weight excluding hydrogens is 399 g/mol. The number of ketones is 1. The minimum atomic E-state index is -1.02. The first-order valence-corrected chi connectivity index (χ1v) is 10.7. The summed E-state index contributed by atoms with van der Waals surface area (Å²) in [5.41, 5.74) is 0.516. The molecule has 4 aliphatic rings. The normalized spacial score (nSPS) is 50.3. The summed E-state index contributed by atoms with van der Waals surface area (Å²) in [6.45, 7) is 5.72. The van der Waals surface area contributed by atoms with E-state index < -0.39 is 10.5 Å². The van der Waals surface area contributed by atoms with Crippen LogP contribution >= 0.6 is 15.9 Å². The number of halogens is 2. The number of carbonyl (C=O) groups excluding carboxylic acids is 2. The molecule has 5 heteroatoms. The van der Waals surface area contributed by atoms with E-state index in [1.165, 1.54) is 6.92 Å². The Morgan fingerprint density at radius 2 is 1.96 bits per heavy atom. The van der Waals surface area contributed by atoms with E-state index in [1.54, 1.807) is 6.08 Å². The van der Waals surface area contributed by atoms with Crippen molar-refractivity contribution in [3.63, 3.8) is 0 Å². The first kappa shape index (κ1) is 18.6. The highest BCUT2D eigenvalue weighted by Crippen LogP contribution is 2.70.